The Labute approximate surface area is 175 Å². The molecule has 4 aromatic carbocycles. The third-order valence-electron chi connectivity index (χ3n) is 5.88. The van der Waals surface area contributed by atoms with Gasteiger partial charge in [0.2, 0.25) is 0 Å². The number of rotatable bonds is 4. The summed E-state index contributed by atoms with van der Waals surface area (Å²) in [7, 11) is 0. The Morgan fingerprint density at radius 3 is 1.50 bits per heavy atom. The molecule has 0 aliphatic rings. The Morgan fingerprint density at radius 2 is 1.10 bits per heavy atom. The predicted octanol–water partition coefficient (Wildman–Crippen LogP) is 6.17. The predicted molar refractivity (Wildman–Crippen MR) is 120 cm³/mol. The standard InChI is InChI=1S/C26H26O4/c1-15(2)14-26(3,24-20-8-6-18(27)12-16(20)4-10-22(24)29)25-21-9-7-19(28)13-17(21)5-11-23(25)30/h4-13,15,27-30H,14H2,1-3H3. The second-order valence-electron chi connectivity index (χ2n) is 8.66. The first-order valence-corrected chi connectivity index (χ1v) is 10.1. The van der Waals surface area contributed by atoms with Crippen LogP contribution < -0.4 is 0 Å². The second-order valence-corrected chi connectivity index (χ2v) is 8.66. The Morgan fingerprint density at radius 1 is 0.667 bits per heavy atom. The van der Waals surface area contributed by atoms with Crippen molar-refractivity contribution < 1.29 is 20.4 Å². The van der Waals surface area contributed by atoms with E-state index >= 15 is 0 Å². The van der Waals surface area contributed by atoms with Crippen molar-refractivity contribution in [3.63, 3.8) is 0 Å². The van der Waals surface area contributed by atoms with Crippen molar-refractivity contribution in [2.45, 2.75) is 32.6 Å². The first-order chi connectivity index (χ1) is 14.2. The maximum Gasteiger partial charge on any atom is 0.120 e. The molecule has 0 amide bonds. The van der Waals surface area contributed by atoms with Crippen LogP contribution in [0.3, 0.4) is 0 Å². The smallest absolute Gasteiger partial charge is 0.120 e. The molecule has 0 aliphatic heterocycles. The maximum absolute atomic E-state index is 11.0. The lowest BCUT2D eigenvalue weighted by atomic mass is 9.68. The van der Waals surface area contributed by atoms with E-state index in [1.165, 1.54) is 0 Å². The van der Waals surface area contributed by atoms with Gasteiger partial charge in [-0.05, 0) is 70.3 Å². The van der Waals surface area contributed by atoms with Gasteiger partial charge in [0.25, 0.3) is 0 Å². The molecule has 0 aromatic heterocycles. The van der Waals surface area contributed by atoms with Crippen molar-refractivity contribution in [3.8, 4) is 23.0 Å². The van der Waals surface area contributed by atoms with Crippen molar-refractivity contribution in [3.05, 3.63) is 71.8 Å². The Balaban J connectivity index is 2.14. The van der Waals surface area contributed by atoms with Gasteiger partial charge in [-0.1, -0.05) is 45.0 Å². The van der Waals surface area contributed by atoms with E-state index in [0.717, 1.165) is 21.5 Å². The molecule has 4 heteroatoms. The zero-order chi connectivity index (χ0) is 21.6. The first-order valence-electron chi connectivity index (χ1n) is 10.1. The van der Waals surface area contributed by atoms with Gasteiger partial charge in [-0.2, -0.15) is 0 Å². The third kappa shape index (κ3) is 3.18. The zero-order valence-corrected chi connectivity index (χ0v) is 17.3. The van der Waals surface area contributed by atoms with E-state index < -0.39 is 5.41 Å². The number of fused-ring (bicyclic) bond motifs is 2. The fourth-order valence-corrected chi connectivity index (χ4v) is 4.92. The summed E-state index contributed by atoms with van der Waals surface area (Å²) in [6.45, 7) is 6.26. The highest BCUT2D eigenvalue weighted by Gasteiger charge is 2.37. The lowest BCUT2D eigenvalue weighted by Crippen LogP contribution is -2.27. The molecule has 0 unspecified atom stereocenters. The Bertz CT molecular complexity index is 1170. The minimum atomic E-state index is -0.727. The van der Waals surface area contributed by atoms with Crippen LogP contribution in [0.1, 0.15) is 38.3 Å². The largest absolute Gasteiger partial charge is 0.508 e. The molecule has 0 bridgehead atoms. The van der Waals surface area contributed by atoms with E-state index in [1.54, 1.807) is 48.5 Å². The van der Waals surface area contributed by atoms with E-state index in [-0.39, 0.29) is 28.9 Å². The fourth-order valence-electron chi connectivity index (χ4n) is 4.92. The Hall–Kier alpha value is -3.40. The van der Waals surface area contributed by atoms with Gasteiger partial charge in [0.15, 0.2) is 0 Å². The summed E-state index contributed by atoms with van der Waals surface area (Å²) in [6, 6.07) is 17.1. The van der Waals surface area contributed by atoms with Gasteiger partial charge in [-0.25, -0.2) is 0 Å². The lowest BCUT2D eigenvalue weighted by Gasteiger charge is -2.36. The molecule has 0 radical (unpaired) electrons. The van der Waals surface area contributed by atoms with Gasteiger partial charge in [-0.15, -0.1) is 0 Å². The van der Waals surface area contributed by atoms with Crippen molar-refractivity contribution in [2.75, 3.05) is 0 Å². The van der Waals surface area contributed by atoms with Gasteiger partial charge in [0.1, 0.15) is 23.0 Å². The molecule has 4 rings (SSSR count). The number of benzene rings is 4. The van der Waals surface area contributed by atoms with Crippen LogP contribution >= 0.6 is 0 Å². The van der Waals surface area contributed by atoms with Gasteiger partial charge >= 0.3 is 0 Å². The van der Waals surface area contributed by atoms with Crippen LogP contribution in [0.25, 0.3) is 21.5 Å². The Kier molecular flexibility index (Phi) is 4.73. The number of phenols is 4. The van der Waals surface area contributed by atoms with E-state index in [2.05, 4.69) is 13.8 Å². The highest BCUT2D eigenvalue weighted by Crippen LogP contribution is 2.50. The highest BCUT2D eigenvalue weighted by molar-refractivity contribution is 5.94. The average Bonchev–Trinajstić information content (AvgIpc) is 2.67. The average molecular weight is 402 g/mol. The van der Waals surface area contributed by atoms with Gasteiger partial charge in [0.05, 0.1) is 0 Å². The van der Waals surface area contributed by atoms with Crippen molar-refractivity contribution >= 4 is 21.5 Å². The van der Waals surface area contributed by atoms with Crippen LogP contribution in [-0.4, -0.2) is 20.4 Å². The van der Waals surface area contributed by atoms with Crippen LogP contribution in [-0.2, 0) is 5.41 Å². The van der Waals surface area contributed by atoms with Gasteiger partial charge < -0.3 is 20.4 Å². The molecule has 0 aliphatic carbocycles. The maximum atomic E-state index is 11.0. The minimum Gasteiger partial charge on any atom is -0.508 e. The monoisotopic (exact) mass is 402 g/mol. The minimum absolute atomic E-state index is 0.145. The summed E-state index contributed by atoms with van der Waals surface area (Å²) in [4.78, 5) is 0. The molecule has 0 saturated carbocycles. The van der Waals surface area contributed by atoms with Crippen molar-refractivity contribution in [1.29, 1.82) is 0 Å². The SMILES string of the molecule is CC(C)CC(C)(c1c(O)ccc2cc(O)ccc12)c1c(O)ccc2cc(O)ccc12. The molecule has 4 N–H and O–H groups in total. The van der Waals surface area contributed by atoms with Crippen LogP contribution in [0, 0.1) is 5.92 Å². The van der Waals surface area contributed by atoms with E-state index in [4.69, 9.17) is 0 Å². The number of hydrogen-bond acceptors (Lipinski definition) is 4. The normalized spacial score (nSPS) is 12.1. The quantitative estimate of drug-likeness (QED) is 0.329. The summed E-state index contributed by atoms with van der Waals surface area (Å²) in [6.07, 6.45) is 0.675. The number of phenolic OH excluding ortho intramolecular Hbond substituents is 4. The first kappa shape index (κ1) is 19.9. The number of hydrogen-bond donors (Lipinski definition) is 4. The molecule has 30 heavy (non-hydrogen) atoms. The molecule has 4 aromatic rings. The fraction of sp³-hybridized carbons (Fsp3) is 0.231. The van der Waals surface area contributed by atoms with Crippen molar-refractivity contribution in [2.24, 2.45) is 5.92 Å². The lowest BCUT2D eigenvalue weighted by molar-refractivity contribution is 0.385. The van der Waals surface area contributed by atoms with E-state index in [9.17, 15) is 20.4 Å². The van der Waals surface area contributed by atoms with Crippen LogP contribution in [0.2, 0.25) is 0 Å². The van der Waals surface area contributed by atoms with Crippen molar-refractivity contribution in [1.82, 2.24) is 0 Å². The van der Waals surface area contributed by atoms with Crippen LogP contribution in [0.4, 0.5) is 0 Å². The molecule has 0 heterocycles. The summed E-state index contributed by atoms with van der Waals surface area (Å²) in [5, 5.41) is 45.2. The van der Waals surface area contributed by atoms with E-state index in [1.807, 2.05) is 19.1 Å². The highest BCUT2D eigenvalue weighted by atomic mass is 16.3. The zero-order valence-electron chi connectivity index (χ0n) is 17.3. The molecule has 0 fully saturated rings. The van der Waals surface area contributed by atoms with Crippen LogP contribution in [0.5, 0.6) is 23.0 Å². The number of aromatic hydroxyl groups is 4. The topological polar surface area (TPSA) is 80.9 Å². The molecule has 0 atom stereocenters. The summed E-state index contributed by atoms with van der Waals surface area (Å²) >= 11 is 0. The van der Waals surface area contributed by atoms with E-state index in [0.29, 0.717) is 17.5 Å². The third-order valence-corrected chi connectivity index (χ3v) is 5.88. The molecule has 0 saturated heterocycles. The molecular formula is C26H26O4. The molecule has 4 nitrogen and oxygen atoms in total. The summed E-state index contributed by atoms with van der Waals surface area (Å²) in [5.74, 6) is 0.882. The molecule has 154 valence electrons. The van der Waals surface area contributed by atoms with Gasteiger partial charge in [0, 0.05) is 16.5 Å². The van der Waals surface area contributed by atoms with Crippen LogP contribution in [0.15, 0.2) is 60.7 Å². The molecular weight excluding hydrogens is 376 g/mol. The second kappa shape index (κ2) is 7.13. The summed E-state index contributed by atoms with van der Waals surface area (Å²) < 4.78 is 0. The molecule has 0 spiro atoms. The summed E-state index contributed by atoms with van der Waals surface area (Å²) in [5.41, 5.74) is 0.698. The van der Waals surface area contributed by atoms with Gasteiger partial charge in [-0.3, -0.25) is 0 Å².